The third-order valence-corrected chi connectivity index (χ3v) is 0.707. The molecule has 0 amide bonds. The number of hydrogen-bond donors (Lipinski definition) is 0. The van der Waals surface area contributed by atoms with E-state index in [1.807, 2.05) is 6.92 Å². The van der Waals surface area contributed by atoms with Crippen LogP contribution in [0.5, 0.6) is 0 Å². The van der Waals surface area contributed by atoms with Crippen molar-refractivity contribution in [3.05, 3.63) is 12.7 Å². The zero-order valence-electron chi connectivity index (χ0n) is 12.7. The van der Waals surface area contributed by atoms with E-state index in [0.29, 0.717) is 0 Å². The lowest BCUT2D eigenvalue weighted by Crippen LogP contribution is -2.02. The molecule has 0 bridgehead atoms. The fourth-order valence-corrected chi connectivity index (χ4v) is 0.354. The molecule has 0 aromatic heterocycles. The zero-order valence-corrected chi connectivity index (χ0v) is 12.7. The largest absolute Gasteiger partial charge is 0.673 e. The minimum Gasteiger partial charge on any atom is -0.418 e. The minimum atomic E-state index is -6.00. The molecular formula is C8H18B3F12-3. The molecule has 0 aliphatic rings. The van der Waals surface area contributed by atoms with Gasteiger partial charge in [-0.3, -0.25) is 0 Å². The summed E-state index contributed by atoms with van der Waals surface area (Å²) in [6.07, 6.45) is 5.83. The summed E-state index contributed by atoms with van der Waals surface area (Å²) >= 11 is 0. The van der Waals surface area contributed by atoms with Gasteiger partial charge in [0.15, 0.2) is 0 Å². The molecule has 0 rings (SSSR count). The molecule has 0 radical (unpaired) electrons. The molecule has 0 fully saturated rings. The summed E-state index contributed by atoms with van der Waals surface area (Å²) < 4.78 is 117. The van der Waals surface area contributed by atoms with E-state index >= 15 is 0 Å². The number of halogens is 12. The summed E-state index contributed by atoms with van der Waals surface area (Å²) in [6.45, 7) is 9.67. The highest BCUT2D eigenvalue weighted by Crippen LogP contribution is 2.07. The van der Waals surface area contributed by atoms with Crippen LogP contribution in [0.2, 0.25) is 0 Å². The SMILES string of the molecule is C=CC.CCCCC.F[B-](F)(F)F.F[B-](F)(F)F.F[B-](F)(F)F. The standard InChI is InChI=1S/C5H12.C3H6.3BF4/c1-3-5-4-2;1-3-2;3*2-1(3,4)5/h3-5H2,1-2H3;3H,1H2,2H3;;;/q;;3*-1. The van der Waals surface area contributed by atoms with Crippen LogP contribution in [0.3, 0.4) is 0 Å². The Labute approximate surface area is 127 Å². The maximum absolute atomic E-state index is 9.75. The van der Waals surface area contributed by atoms with E-state index in [-0.39, 0.29) is 0 Å². The monoisotopic (exact) mass is 375 g/mol. The van der Waals surface area contributed by atoms with Gasteiger partial charge in [0.2, 0.25) is 0 Å². The van der Waals surface area contributed by atoms with E-state index in [9.17, 15) is 51.8 Å². The highest BCUT2D eigenvalue weighted by molar-refractivity contribution is 6.50. The Hall–Kier alpha value is -0.905. The van der Waals surface area contributed by atoms with Gasteiger partial charge in [-0.05, 0) is 6.92 Å². The van der Waals surface area contributed by atoms with Crippen LogP contribution in [-0.2, 0) is 0 Å². The summed E-state index contributed by atoms with van der Waals surface area (Å²) in [6, 6.07) is 0. The van der Waals surface area contributed by atoms with Crippen LogP contribution in [0.25, 0.3) is 0 Å². The van der Waals surface area contributed by atoms with Gasteiger partial charge in [-0.15, -0.1) is 6.58 Å². The molecule has 146 valence electrons. The minimum absolute atomic E-state index is 1.34. The number of rotatable bonds is 2. The molecule has 0 unspecified atom stereocenters. The zero-order chi connectivity index (χ0) is 20.3. The Bertz CT molecular complexity index is 173. The molecule has 0 aromatic carbocycles. The second kappa shape index (κ2) is 19.1. The third kappa shape index (κ3) is 6420. The highest BCUT2D eigenvalue weighted by atomic mass is 19.5. The van der Waals surface area contributed by atoms with E-state index in [1.165, 1.54) is 19.3 Å². The van der Waals surface area contributed by atoms with Crippen molar-refractivity contribution in [3.63, 3.8) is 0 Å². The predicted molar refractivity (Wildman–Crippen MR) is 71.6 cm³/mol. The topological polar surface area (TPSA) is 0 Å². The fourth-order valence-electron chi connectivity index (χ4n) is 0.354. The Kier molecular flexibility index (Phi) is 28.0. The lowest BCUT2D eigenvalue weighted by Gasteiger charge is -1.94. The molecule has 0 spiro atoms. The molecular weight excluding hydrogens is 356 g/mol. The number of hydrogen-bond acceptors (Lipinski definition) is 0. The van der Waals surface area contributed by atoms with Gasteiger partial charge >= 0.3 is 21.8 Å². The second-order valence-electron chi connectivity index (χ2n) is 3.25. The van der Waals surface area contributed by atoms with Gasteiger partial charge < -0.3 is 51.8 Å². The first kappa shape index (κ1) is 33.6. The van der Waals surface area contributed by atoms with Crippen molar-refractivity contribution in [2.45, 2.75) is 40.0 Å². The maximum Gasteiger partial charge on any atom is 0.673 e. The number of allylic oxidation sites excluding steroid dienone is 1. The molecule has 15 heteroatoms. The molecule has 0 saturated heterocycles. The molecule has 0 aromatic rings. The smallest absolute Gasteiger partial charge is 0.418 e. The van der Waals surface area contributed by atoms with Crippen LogP contribution in [0.1, 0.15) is 40.0 Å². The van der Waals surface area contributed by atoms with Crippen LogP contribution in [0.15, 0.2) is 12.7 Å². The average Bonchev–Trinajstić information content (AvgIpc) is 2.11. The van der Waals surface area contributed by atoms with E-state index < -0.39 is 21.8 Å². The van der Waals surface area contributed by atoms with Gasteiger partial charge in [0.25, 0.3) is 0 Å². The van der Waals surface area contributed by atoms with Gasteiger partial charge in [0, 0.05) is 0 Å². The van der Waals surface area contributed by atoms with Gasteiger partial charge in [0.1, 0.15) is 0 Å². The summed E-state index contributed by atoms with van der Waals surface area (Å²) in [7, 11) is -18.0. The van der Waals surface area contributed by atoms with Crippen LogP contribution in [-0.4, -0.2) is 21.8 Å². The summed E-state index contributed by atoms with van der Waals surface area (Å²) in [5, 5.41) is 0. The first-order chi connectivity index (χ1) is 9.83. The van der Waals surface area contributed by atoms with Gasteiger partial charge in [0.05, 0.1) is 0 Å². The first-order valence-corrected chi connectivity index (χ1v) is 6.02. The maximum atomic E-state index is 9.75. The van der Waals surface area contributed by atoms with Crippen molar-refractivity contribution in [2.24, 2.45) is 0 Å². The van der Waals surface area contributed by atoms with Crippen molar-refractivity contribution >= 4 is 21.8 Å². The molecule has 0 saturated carbocycles. The second-order valence-corrected chi connectivity index (χ2v) is 3.25. The van der Waals surface area contributed by atoms with Crippen molar-refractivity contribution in [2.75, 3.05) is 0 Å². The predicted octanol–water partition coefficient (Wildman–Crippen LogP) is 7.29. The molecule has 0 atom stereocenters. The van der Waals surface area contributed by atoms with Gasteiger partial charge in [-0.25, -0.2) is 0 Å². The molecule has 0 aliphatic carbocycles. The average molecular weight is 375 g/mol. The lowest BCUT2D eigenvalue weighted by atomic mass is 10.3. The normalized spacial score (nSPS) is 10.2. The highest BCUT2D eigenvalue weighted by Gasteiger charge is 2.21. The summed E-state index contributed by atoms with van der Waals surface area (Å²) in [5.41, 5.74) is 0. The van der Waals surface area contributed by atoms with Crippen molar-refractivity contribution in [1.82, 2.24) is 0 Å². The Morgan fingerprint density at radius 1 is 0.609 bits per heavy atom. The summed E-state index contributed by atoms with van der Waals surface area (Å²) in [4.78, 5) is 0. The van der Waals surface area contributed by atoms with Crippen LogP contribution in [0, 0.1) is 0 Å². The van der Waals surface area contributed by atoms with Gasteiger partial charge in [-0.2, -0.15) is 0 Å². The summed E-state index contributed by atoms with van der Waals surface area (Å²) in [5.74, 6) is 0. The Balaban J connectivity index is -0.0000000593. The van der Waals surface area contributed by atoms with E-state index in [1.54, 1.807) is 6.08 Å². The van der Waals surface area contributed by atoms with Crippen molar-refractivity contribution < 1.29 is 51.8 Å². The van der Waals surface area contributed by atoms with Crippen molar-refractivity contribution in [3.8, 4) is 0 Å². The molecule has 23 heavy (non-hydrogen) atoms. The van der Waals surface area contributed by atoms with E-state index in [2.05, 4.69) is 20.4 Å². The number of unbranched alkanes of at least 4 members (excludes halogenated alkanes) is 2. The molecule has 0 heterocycles. The third-order valence-electron chi connectivity index (χ3n) is 0.707. The molecule has 0 nitrogen and oxygen atoms in total. The van der Waals surface area contributed by atoms with Crippen LogP contribution < -0.4 is 0 Å². The van der Waals surface area contributed by atoms with Crippen LogP contribution >= 0.6 is 0 Å². The van der Waals surface area contributed by atoms with Crippen molar-refractivity contribution in [1.29, 1.82) is 0 Å². The lowest BCUT2D eigenvalue weighted by molar-refractivity contribution is 0.366. The quantitative estimate of drug-likeness (QED) is 0.270. The van der Waals surface area contributed by atoms with E-state index in [4.69, 9.17) is 0 Å². The van der Waals surface area contributed by atoms with E-state index in [0.717, 1.165) is 0 Å². The fraction of sp³-hybridized carbons (Fsp3) is 0.750. The Morgan fingerprint density at radius 2 is 0.696 bits per heavy atom. The van der Waals surface area contributed by atoms with Gasteiger partial charge in [-0.1, -0.05) is 39.2 Å². The first-order valence-electron chi connectivity index (χ1n) is 6.02. The Morgan fingerprint density at radius 3 is 0.696 bits per heavy atom. The molecule has 0 N–H and O–H groups in total. The van der Waals surface area contributed by atoms with Crippen LogP contribution in [0.4, 0.5) is 51.8 Å². The molecule has 0 aliphatic heterocycles.